The average molecular weight is 268 g/mol. The summed E-state index contributed by atoms with van der Waals surface area (Å²) in [6.07, 6.45) is 0. The molecular weight excluding hydrogens is 258 g/mol. The molecule has 0 radical (unpaired) electrons. The fraction of sp³-hybridized carbons (Fsp3) is 0.273. The maximum absolute atomic E-state index is 11.5. The lowest BCUT2D eigenvalue weighted by atomic mass is 10.1. The zero-order chi connectivity index (χ0) is 11.4. The van der Waals surface area contributed by atoms with Gasteiger partial charge in [-0.2, -0.15) is 5.26 Å². The summed E-state index contributed by atoms with van der Waals surface area (Å²) < 4.78 is 5.63. The summed E-state index contributed by atoms with van der Waals surface area (Å²) in [7, 11) is 0. The van der Waals surface area contributed by atoms with Crippen molar-refractivity contribution in [1.82, 2.24) is 0 Å². The Balaban J connectivity index is 3.23. The van der Waals surface area contributed by atoms with Crippen LogP contribution in [0, 0.1) is 18.3 Å². The molecular formula is C11H10BrNO2. The molecule has 0 atom stereocenters. The molecule has 0 aliphatic carbocycles. The van der Waals surface area contributed by atoms with Crippen molar-refractivity contribution >= 4 is 21.9 Å². The van der Waals surface area contributed by atoms with E-state index in [9.17, 15) is 4.79 Å². The Morgan fingerprint density at radius 2 is 2.27 bits per heavy atom. The molecule has 0 heterocycles. The first-order valence-electron chi connectivity index (χ1n) is 4.47. The van der Waals surface area contributed by atoms with Crippen LogP contribution >= 0.6 is 15.9 Å². The van der Waals surface area contributed by atoms with Crippen molar-refractivity contribution in [3.8, 4) is 6.07 Å². The van der Waals surface area contributed by atoms with Gasteiger partial charge in [-0.15, -0.1) is 0 Å². The van der Waals surface area contributed by atoms with Crippen molar-refractivity contribution in [2.75, 3.05) is 6.61 Å². The third-order valence-corrected chi connectivity index (χ3v) is 2.79. The molecule has 1 aromatic carbocycles. The third kappa shape index (κ3) is 2.57. The number of nitrogens with zero attached hydrogens (tertiary/aromatic N) is 1. The van der Waals surface area contributed by atoms with E-state index in [1.807, 2.05) is 6.07 Å². The Bertz CT molecular complexity index is 435. The van der Waals surface area contributed by atoms with Gasteiger partial charge in [0.25, 0.3) is 0 Å². The molecule has 0 bridgehead atoms. The van der Waals surface area contributed by atoms with Crippen LogP contribution in [0.2, 0.25) is 0 Å². The van der Waals surface area contributed by atoms with Crippen LogP contribution in [0.3, 0.4) is 0 Å². The fourth-order valence-electron chi connectivity index (χ4n) is 1.16. The van der Waals surface area contributed by atoms with Gasteiger partial charge in [0, 0.05) is 4.47 Å². The van der Waals surface area contributed by atoms with E-state index >= 15 is 0 Å². The molecule has 0 unspecified atom stereocenters. The van der Waals surface area contributed by atoms with Crippen molar-refractivity contribution in [3.63, 3.8) is 0 Å². The number of ether oxygens (including phenoxy) is 1. The van der Waals surface area contributed by atoms with Gasteiger partial charge in [-0.05, 0) is 31.5 Å². The summed E-state index contributed by atoms with van der Waals surface area (Å²) in [5.74, 6) is -0.396. The summed E-state index contributed by atoms with van der Waals surface area (Å²) in [5, 5.41) is 8.77. The third-order valence-electron chi connectivity index (χ3n) is 1.97. The van der Waals surface area contributed by atoms with Gasteiger partial charge >= 0.3 is 5.97 Å². The minimum atomic E-state index is -0.396. The number of hydrogen-bond donors (Lipinski definition) is 0. The normalized spacial score (nSPS) is 9.47. The van der Waals surface area contributed by atoms with Crippen molar-refractivity contribution in [1.29, 1.82) is 5.26 Å². The highest BCUT2D eigenvalue weighted by molar-refractivity contribution is 9.10. The number of carbonyl (C=O) groups is 1. The Labute approximate surface area is 96.8 Å². The van der Waals surface area contributed by atoms with E-state index in [4.69, 9.17) is 10.00 Å². The number of rotatable bonds is 2. The molecule has 0 fully saturated rings. The first kappa shape index (κ1) is 11.7. The van der Waals surface area contributed by atoms with Gasteiger partial charge in [0.2, 0.25) is 0 Å². The SMILES string of the molecule is CCOC(=O)c1cc(C#N)cc(Br)c1C. The maximum atomic E-state index is 11.5. The molecule has 0 aromatic heterocycles. The van der Waals surface area contributed by atoms with Crippen LogP contribution in [0.1, 0.15) is 28.4 Å². The molecule has 0 saturated heterocycles. The van der Waals surface area contributed by atoms with Crippen molar-refractivity contribution in [2.45, 2.75) is 13.8 Å². The molecule has 1 aromatic rings. The molecule has 1 rings (SSSR count). The topological polar surface area (TPSA) is 50.1 Å². The molecule has 0 aliphatic heterocycles. The standard InChI is InChI=1S/C11H10BrNO2/c1-3-15-11(14)9-4-8(6-13)5-10(12)7(9)2/h4-5H,3H2,1-2H3. The molecule has 0 aliphatic rings. The average Bonchev–Trinajstić information content (AvgIpc) is 2.22. The number of esters is 1. The quantitative estimate of drug-likeness (QED) is 0.775. The summed E-state index contributed by atoms with van der Waals surface area (Å²) in [6, 6.07) is 5.21. The summed E-state index contributed by atoms with van der Waals surface area (Å²) >= 11 is 3.30. The van der Waals surface area contributed by atoms with Gasteiger partial charge < -0.3 is 4.74 Å². The van der Waals surface area contributed by atoms with E-state index in [0.29, 0.717) is 17.7 Å². The second-order valence-corrected chi connectivity index (χ2v) is 3.82. The van der Waals surface area contributed by atoms with Crippen LogP contribution in [0.25, 0.3) is 0 Å². The van der Waals surface area contributed by atoms with Crippen LogP contribution in [-0.4, -0.2) is 12.6 Å². The number of halogens is 1. The van der Waals surface area contributed by atoms with E-state index in [2.05, 4.69) is 15.9 Å². The predicted octanol–water partition coefficient (Wildman–Crippen LogP) is 2.81. The first-order valence-corrected chi connectivity index (χ1v) is 5.26. The van der Waals surface area contributed by atoms with Gasteiger partial charge in [0.15, 0.2) is 0 Å². The molecule has 0 N–H and O–H groups in total. The van der Waals surface area contributed by atoms with Gasteiger partial charge in [0.05, 0.1) is 23.8 Å². The number of benzene rings is 1. The van der Waals surface area contributed by atoms with Crippen molar-refractivity contribution in [2.24, 2.45) is 0 Å². The van der Waals surface area contributed by atoms with E-state index in [1.165, 1.54) is 6.07 Å². The summed E-state index contributed by atoms with van der Waals surface area (Å²) in [5.41, 5.74) is 1.66. The Morgan fingerprint density at radius 3 is 2.80 bits per heavy atom. The molecule has 3 nitrogen and oxygen atoms in total. The lowest BCUT2D eigenvalue weighted by Crippen LogP contribution is -2.07. The minimum Gasteiger partial charge on any atom is -0.462 e. The largest absolute Gasteiger partial charge is 0.462 e. The Kier molecular flexibility index (Phi) is 3.87. The second kappa shape index (κ2) is 4.94. The summed E-state index contributed by atoms with van der Waals surface area (Å²) in [4.78, 5) is 11.5. The lowest BCUT2D eigenvalue weighted by molar-refractivity contribution is 0.0525. The molecule has 0 saturated carbocycles. The van der Waals surface area contributed by atoms with Gasteiger partial charge in [-0.1, -0.05) is 15.9 Å². The fourth-order valence-corrected chi connectivity index (χ4v) is 1.62. The first-order chi connectivity index (χ1) is 7.10. The van der Waals surface area contributed by atoms with Crippen LogP contribution in [0.4, 0.5) is 0 Å². The highest BCUT2D eigenvalue weighted by Gasteiger charge is 2.13. The zero-order valence-corrected chi connectivity index (χ0v) is 10.1. The highest BCUT2D eigenvalue weighted by Crippen LogP contribution is 2.22. The van der Waals surface area contributed by atoms with Gasteiger partial charge in [-0.25, -0.2) is 4.79 Å². The predicted molar refractivity (Wildman–Crippen MR) is 59.6 cm³/mol. The van der Waals surface area contributed by atoms with E-state index < -0.39 is 5.97 Å². The van der Waals surface area contributed by atoms with Crippen LogP contribution in [0.15, 0.2) is 16.6 Å². The Morgan fingerprint density at radius 1 is 1.60 bits per heavy atom. The number of hydrogen-bond acceptors (Lipinski definition) is 3. The highest BCUT2D eigenvalue weighted by atomic mass is 79.9. The minimum absolute atomic E-state index is 0.326. The summed E-state index contributed by atoms with van der Waals surface area (Å²) in [6.45, 7) is 3.88. The molecule has 4 heteroatoms. The number of nitriles is 1. The molecule has 0 spiro atoms. The van der Waals surface area contributed by atoms with E-state index in [-0.39, 0.29) is 0 Å². The van der Waals surface area contributed by atoms with Crippen LogP contribution in [-0.2, 0) is 4.74 Å². The zero-order valence-electron chi connectivity index (χ0n) is 8.50. The monoisotopic (exact) mass is 267 g/mol. The van der Waals surface area contributed by atoms with Crippen LogP contribution in [0.5, 0.6) is 0 Å². The Hall–Kier alpha value is -1.34. The van der Waals surface area contributed by atoms with E-state index in [0.717, 1.165) is 10.0 Å². The molecule has 15 heavy (non-hydrogen) atoms. The molecule has 0 amide bonds. The smallest absolute Gasteiger partial charge is 0.338 e. The number of carbonyl (C=O) groups excluding carboxylic acids is 1. The molecule has 78 valence electrons. The lowest BCUT2D eigenvalue weighted by Gasteiger charge is -2.07. The second-order valence-electron chi connectivity index (χ2n) is 2.96. The van der Waals surface area contributed by atoms with Gasteiger partial charge in [0.1, 0.15) is 0 Å². The van der Waals surface area contributed by atoms with Crippen molar-refractivity contribution in [3.05, 3.63) is 33.3 Å². The maximum Gasteiger partial charge on any atom is 0.338 e. The van der Waals surface area contributed by atoms with Gasteiger partial charge in [-0.3, -0.25) is 0 Å². The van der Waals surface area contributed by atoms with Crippen LogP contribution < -0.4 is 0 Å². The van der Waals surface area contributed by atoms with Crippen molar-refractivity contribution < 1.29 is 9.53 Å². The van der Waals surface area contributed by atoms with E-state index in [1.54, 1.807) is 19.9 Å².